The highest BCUT2D eigenvalue weighted by Gasteiger charge is 2.05. The predicted molar refractivity (Wildman–Crippen MR) is 109 cm³/mol. The molecule has 0 aliphatic heterocycles. The van der Waals surface area contributed by atoms with Gasteiger partial charge in [-0.25, -0.2) is 4.68 Å². The maximum Gasteiger partial charge on any atom is 0.228 e. The standard InChI is InChI=1S/C21H17N7O/c29-21(14-16-6-12-20(13-7-16)28-15-22-26-27-28)23-17-8-10-19(11-9-17)25-24-18-4-2-1-3-5-18/h1-13,15H,14H2,(H,23,29). The van der Waals surface area contributed by atoms with Crippen molar-refractivity contribution in [1.82, 2.24) is 20.2 Å². The molecule has 4 aromatic rings. The van der Waals surface area contributed by atoms with Gasteiger partial charge in [-0.05, 0) is 64.5 Å². The first-order valence-corrected chi connectivity index (χ1v) is 8.95. The van der Waals surface area contributed by atoms with Gasteiger partial charge in [0.15, 0.2) is 0 Å². The van der Waals surface area contributed by atoms with E-state index in [0.29, 0.717) is 11.4 Å². The fraction of sp³-hybridized carbons (Fsp3) is 0.0476. The molecule has 8 nitrogen and oxygen atoms in total. The first-order valence-electron chi connectivity index (χ1n) is 8.95. The topological polar surface area (TPSA) is 97.4 Å². The summed E-state index contributed by atoms with van der Waals surface area (Å²) in [6.45, 7) is 0. The third kappa shape index (κ3) is 4.95. The number of aromatic nitrogens is 4. The number of hydrogen-bond acceptors (Lipinski definition) is 6. The number of rotatable bonds is 6. The summed E-state index contributed by atoms with van der Waals surface area (Å²) in [7, 11) is 0. The maximum absolute atomic E-state index is 12.3. The number of carbonyl (C=O) groups is 1. The van der Waals surface area contributed by atoms with Crippen molar-refractivity contribution in [2.75, 3.05) is 5.32 Å². The third-order valence-electron chi connectivity index (χ3n) is 4.10. The second-order valence-corrected chi connectivity index (χ2v) is 6.23. The predicted octanol–water partition coefficient (Wildman–Crippen LogP) is 4.26. The summed E-state index contributed by atoms with van der Waals surface area (Å²) in [5.74, 6) is -0.0983. The Kier molecular flexibility index (Phi) is 5.43. The zero-order chi connectivity index (χ0) is 19.9. The maximum atomic E-state index is 12.3. The molecule has 0 saturated carbocycles. The summed E-state index contributed by atoms with van der Waals surface area (Å²) in [6.07, 6.45) is 1.79. The molecule has 1 amide bonds. The van der Waals surface area contributed by atoms with E-state index in [-0.39, 0.29) is 12.3 Å². The van der Waals surface area contributed by atoms with Gasteiger partial charge in [0.05, 0.1) is 23.5 Å². The average Bonchev–Trinajstić information content (AvgIpc) is 3.29. The number of amides is 1. The second-order valence-electron chi connectivity index (χ2n) is 6.23. The van der Waals surface area contributed by atoms with E-state index in [4.69, 9.17) is 0 Å². The molecule has 1 N–H and O–H groups in total. The van der Waals surface area contributed by atoms with Gasteiger partial charge in [-0.2, -0.15) is 10.2 Å². The van der Waals surface area contributed by atoms with Crippen LogP contribution in [0.2, 0.25) is 0 Å². The van der Waals surface area contributed by atoms with Crippen LogP contribution in [0, 0.1) is 0 Å². The molecular weight excluding hydrogens is 366 g/mol. The Morgan fingerprint density at radius 1 is 0.862 bits per heavy atom. The second kappa shape index (κ2) is 8.66. The van der Waals surface area contributed by atoms with E-state index in [1.165, 1.54) is 6.33 Å². The molecule has 1 aromatic heterocycles. The fourth-order valence-electron chi connectivity index (χ4n) is 2.66. The van der Waals surface area contributed by atoms with E-state index in [1.54, 1.807) is 16.8 Å². The van der Waals surface area contributed by atoms with Gasteiger partial charge in [-0.15, -0.1) is 5.10 Å². The minimum atomic E-state index is -0.0983. The highest BCUT2D eigenvalue weighted by atomic mass is 16.1. The molecule has 8 heteroatoms. The molecule has 0 unspecified atom stereocenters. The highest BCUT2D eigenvalue weighted by Crippen LogP contribution is 2.20. The molecule has 0 fully saturated rings. The Labute approximate surface area is 166 Å². The summed E-state index contributed by atoms with van der Waals surface area (Å²) >= 11 is 0. The average molecular weight is 383 g/mol. The van der Waals surface area contributed by atoms with Crippen LogP contribution in [-0.4, -0.2) is 26.1 Å². The van der Waals surface area contributed by atoms with E-state index in [1.807, 2.05) is 66.7 Å². The van der Waals surface area contributed by atoms with E-state index >= 15 is 0 Å². The lowest BCUT2D eigenvalue weighted by atomic mass is 10.1. The van der Waals surface area contributed by atoms with Gasteiger partial charge in [-0.1, -0.05) is 30.3 Å². The number of nitrogens with one attached hydrogen (secondary N) is 1. The Balaban J connectivity index is 1.33. The normalized spacial score (nSPS) is 10.9. The Bertz CT molecular complexity index is 1090. The molecule has 0 saturated heterocycles. The van der Waals surface area contributed by atoms with Gasteiger partial charge < -0.3 is 5.32 Å². The smallest absolute Gasteiger partial charge is 0.228 e. The van der Waals surface area contributed by atoms with Gasteiger partial charge in [0, 0.05) is 5.69 Å². The molecule has 0 radical (unpaired) electrons. The quantitative estimate of drug-likeness (QED) is 0.503. The van der Waals surface area contributed by atoms with Crippen LogP contribution in [0.15, 0.2) is 95.4 Å². The van der Waals surface area contributed by atoms with Crippen LogP contribution in [0.4, 0.5) is 17.1 Å². The Morgan fingerprint density at radius 3 is 2.21 bits per heavy atom. The number of anilines is 1. The molecule has 0 atom stereocenters. The largest absolute Gasteiger partial charge is 0.326 e. The van der Waals surface area contributed by atoms with E-state index in [2.05, 4.69) is 31.1 Å². The lowest BCUT2D eigenvalue weighted by Crippen LogP contribution is -2.14. The fourth-order valence-corrected chi connectivity index (χ4v) is 2.66. The van der Waals surface area contributed by atoms with Crippen LogP contribution >= 0.6 is 0 Å². The van der Waals surface area contributed by atoms with Gasteiger partial charge in [0.25, 0.3) is 0 Å². The number of tetrazole rings is 1. The molecule has 29 heavy (non-hydrogen) atoms. The van der Waals surface area contributed by atoms with Crippen LogP contribution in [0.25, 0.3) is 5.69 Å². The van der Waals surface area contributed by atoms with Crippen molar-refractivity contribution in [3.05, 3.63) is 90.8 Å². The number of hydrogen-bond donors (Lipinski definition) is 1. The van der Waals surface area contributed by atoms with Crippen molar-refractivity contribution in [1.29, 1.82) is 0 Å². The van der Waals surface area contributed by atoms with Gasteiger partial charge in [-0.3, -0.25) is 4.79 Å². The lowest BCUT2D eigenvalue weighted by molar-refractivity contribution is -0.115. The zero-order valence-corrected chi connectivity index (χ0v) is 15.4. The van der Waals surface area contributed by atoms with Crippen molar-refractivity contribution in [2.45, 2.75) is 6.42 Å². The van der Waals surface area contributed by atoms with Crippen molar-refractivity contribution in [2.24, 2.45) is 10.2 Å². The summed E-state index contributed by atoms with van der Waals surface area (Å²) in [5.41, 5.74) is 3.94. The molecule has 0 aliphatic carbocycles. The summed E-state index contributed by atoms with van der Waals surface area (Å²) in [6, 6.07) is 24.2. The lowest BCUT2D eigenvalue weighted by Gasteiger charge is -2.06. The summed E-state index contributed by atoms with van der Waals surface area (Å²) < 4.78 is 1.56. The minimum absolute atomic E-state index is 0.0983. The number of benzene rings is 3. The molecule has 0 spiro atoms. The minimum Gasteiger partial charge on any atom is -0.326 e. The van der Waals surface area contributed by atoms with Crippen LogP contribution in [0.5, 0.6) is 0 Å². The highest BCUT2D eigenvalue weighted by molar-refractivity contribution is 5.92. The van der Waals surface area contributed by atoms with Crippen LogP contribution < -0.4 is 5.32 Å². The third-order valence-corrected chi connectivity index (χ3v) is 4.10. The SMILES string of the molecule is O=C(Cc1ccc(-n2cnnn2)cc1)Nc1ccc(N=Nc2ccccc2)cc1. The molecule has 142 valence electrons. The van der Waals surface area contributed by atoms with Gasteiger partial charge in [0.2, 0.25) is 5.91 Å². The van der Waals surface area contributed by atoms with E-state index in [0.717, 1.165) is 16.9 Å². The molecule has 0 bridgehead atoms. The summed E-state index contributed by atoms with van der Waals surface area (Å²) in [4.78, 5) is 12.3. The van der Waals surface area contributed by atoms with Gasteiger partial charge in [0.1, 0.15) is 6.33 Å². The van der Waals surface area contributed by atoms with Gasteiger partial charge >= 0.3 is 0 Å². The van der Waals surface area contributed by atoms with Crippen molar-refractivity contribution >= 4 is 23.0 Å². The first kappa shape index (κ1) is 18.2. The number of carbonyl (C=O) groups excluding carboxylic acids is 1. The first-order chi connectivity index (χ1) is 14.3. The van der Waals surface area contributed by atoms with Crippen molar-refractivity contribution < 1.29 is 4.79 Å². The Hall–Kier alpha value is -4.20. The molecular formula is C21H17N7O. The van der Waals surface area contributed by atoms with Crippen molar-refractivity contribution in [3.8, 4) is 5.69 Å². The Morgan fingerprint density at radius 2 is 1.55 bits per heavy atom. The molecule has 1 heterocycles. The van der Waals surface area contributed by atoms with E-state index in [9.17, 15) is 4.79 Å². The zero-order valence-electron chi connectivity index (χ0n) is 15.4. The van der Waals surface area contributed by atoms with Crippen LogP contribution in [-0.2, 0) is 11.2 Å². The number of nitrogens with zero attached hydrogens (tertiary/aromatic N) is 6. The molecule has 4 rings (SSSR count). The van der Waals surface area contributed by atoms with E-state index < -0.39 is 0 Å². The monoisotopic (exact) mass is 383 g/mol. The number of azo groups is 1. The van der Waals surface area contributed by atoms with Crippen LogP contribution in [0.3, 0.4) is 0 Å². The summed E-state index contributed by atoms with van der Waals surface area (Å²) in [5, 5.41) is 22.3. The van der Waals surface area contributed by atoms with Crippen molar-refractivity contribution in [3.63, 3.8) is 0 Å². The van der Waals surface area contributed by atoms with Crippen LogP contribution in [0.1, 0.15) is 5.56 Å². The molecule has 3 aromatic carbocycles. The molecule has 0 aliphatic rings.